The van der Waals surface area contributed by atoms with Gasteiger partial charge in [0.05, 0.1) is 5.56 Å². The molecule has 1 amide bonds. The third-order valence-corrected chi connectivity index (χ3v) is 4.79. The fourth-order valence-electron chi connectivity index (χ4n) is 3.11. The number of likely N-dealkylation sites (tertiary alicyclic amines) is 1. The zero-order chi connectivity index (χ0) is 15.9. The Labute approximate surface area is 139 Å². The zero-order valence-corrected chi connectivity index (χ0v) is 14.4. The van der Waals surface area contributed by atoms with E-state index in [-0.39, 0.29) is 11.9 Å². The van der Waals surface area contributed by atoms with Crippen molar-refractivity contribution in [3.63, 3.8) is 0 Å². The second kappa shape index (κ2) is 5.89. The van der Waals surface area contributed by atoms with Crippen LogP contribution in [0.4, 0.5) is 0 Å². The topological polar surface area (TPSA) is 51.3 Å². The molecule has 116 valence electrons. The normalized spacial score (nSPS) is 18.0. The van der Waals surface area contributed by atoms with Crippen LogP contribution in [0.1, 0.15) is 28.2 Å². The van der Waals surface area contributed by atoms with E-state index in [1.54, 1.807) is 0 Å². The molecule has 0 saturated carbocycles. The van der Waals surface area contributed by atoms with Gasteiger partial charge in [-0.3, -0.25) is 4.79 Å². The molecule has 2 N–H and O–H groups in total. The van der Waals surface area contributed by atoms with E-state index in [9.17, 15) is 4.79 Å². The Balaban J connectivity index is 1.96. The molecule has 22 heavy (non-hydrogen) atoms. The SMILES string of the molecule is Cc1cc(C(=O)N2CC[C@@H](N)C2)c(C)n1-c1ccc(Br)cc1. The number of halogens is 1. The average molecular weight is 362 g/mol. The van der Waals surface area contributed by atoms with E-state index in [2.05, 4.69) is 20.5 Å². The molecule has 4 nitrogen and oxygen atoms in total. The maximum absolute atomic E-state index is 12.7. The van der Waals surface area contributed by atoms with E-state index >= 15 is 0 Å². The summed E-state index contributed by atoms with van der Waals surface area (Å²) in [4.78, 5) is 14.6. The van der Waals surface area contributed by atoms with Gasteiger partial charge >= 0.3 is 0 Å². The summed E-state index contributed by atoms with van der Waals surface area (Å²) in [6.45, 7) is 5.43. The first kappa shape index (κ1) is 15.3. The van der Waals surface area contributed by atoms with Gasteiger partial charge in [-0.15, -0.1) is 0 Å². The van der Waals surface area contributed by atoms with Crippen molar-refractivity contribution in [2.75, 3.05) is 13.1 Å². The van der Waals surface area contributed by atoms with E-state index in [0.717, 1.165) is 40.1 Å². The minimum absolute atomic E-state index is 0.0874. The van der Waals surface area contributed by atoms with Crippen LogP contribution < -0.4 is 5.73 Å². The van der Waals surface area contributed by atoms with Crippen molar-refractivity contribution in [3.8, 4) is 5.69 Å². The summed E-state index contributed by atoms with van der Waals surface area (Å²) in [6.07, 6.45) is 0.886. The molecule has 5 heteroatoms. The van der Waals surface area contributed by atoms with Crippen molar-refractivity contribution < 1.29 is 4.79 Å². The van der Waals surface area contributed by atoms with Gasteiger partial charge in [-0.1, -0.05) is 15.9 Å². The lowest BCUT2D eigenvalue weighted by atomic mass is 10.2. The van der Waals surface area contributed by atoms with Gasteiger partial charge in [0.2, 0.25) is 0 Å². The molecule has 0 aliphatic carbocycles. The number of hydrogen-bond acceptors (Lipinski definition) is 2. The standard InChI is InChI=1S/C17H20BrN3O/c1-11-9-16(17(22)20-8-7-14(19)10-20)12(2)21(11)15-5-3-13(18)4-6-15/h3-6,9,14H,7-8,10,19H2,1-2H3/t14-/m1/s1. The number of carbonyl (C=O) groups excluding carboxylic acids is 1. The highest BCUT2D eigenvalue weighted by Gasteiger charge is 2.27. The van der Waals surface area contributed by atoms with Gasteiger partial charge in [0.1, 0.15) is 0 Å². The van der Waals surface area contributed by atoms with Gasteiger partial charge in [-0.2, -0.15) is 0 Å². The van der Waals surface area contributed by atoms with Gasteiger partial charge in [0, 0.05) is 40.7 Å². The van der Waals surface area contributed by atoms with Crippen LogP contribution in [0.15, 0.2) is 34.8 Å². The first-order valence-corrected chi connectivity index (χ1v) is 8.26. The smallest absolute Gasteiger partial charge is 0.255 e. The molecule has 0 bridgehead atoms. The molecule has 0 radical (unpaired) electrons. The van der Waals surface area contributed by atoms with E-state index in [1.807, 2.05) is 49.1 Å². The lowest BCUT2D eigenvalue weighted by molar-refractivity contribution is 0.0790. The Morgan fingerprint density at radius 3 is 2.55 bits per heavy atom. The quantitative estimate of drug-likeness (QED) is 0.893. The summed E-state index contributed by atoms with van der Waals surface area (Å²) in [5, 5.41) is 0. The average Bonchev–Trinajstić information content (AvgIpc) is 3.04. The van der Waals surface area contributed by atoms with Crippen molar-refractivity contribution in [2.45, 2.75) is 26.3 Å². The van der Waals surface area contributed by atoms with Gasteiger partial charge in [0.15, 0.2) is 0 Å². The molecule has 1 atom stereocenters. The van der Waals surface area contributed by atoms with Crippen LogP contribution in [0.5, 0.6) is 0 Å². The second-order valence-corrected chi connectivity index (χ2v) is 6.81. The van der Waals surface area contributed by atoms with Crippen molar-refractivity contribution in [2.24, 2.45) is 5.73 Å². The lowest BCUT2D eigenvalue weighted by Gasteiger charge is -2.16. The molecule has 0 unspecified atom stereocenters. The maximum Gasteiger partial charge on any atom is 0.255 e. The number of nitrogens with zero attached hydrogens (tertiary/aromatic N) is 2. The van der Waals surface area contributed by atoms with E-state index < -0.39 is 0 Å². The highest BCUT2D eigenvalue weighted by Crippen LogP contribution is 2.24. The van der Waals surface area contributed by atoms with Crippen LogP contribution in [-0.2, 0) is 0 Å². The third-order valence-electron chi connectivity index (χ3n) is 4.26. The van der Waals surface area contributed by atoms with Crippen molar-refractivity contribution in [1.29, 1.82) is 0 Å². The molecule has 1 saturated heterocycles. The summed E-state index contributed by atoms with van der Waals surface area (Å²) in [5.41, 5.74) is 9.79. The van der Waals surface area contributed by atoms with Gasteiger partial charge in [-0.25, -0.2) is 0 Å². The Bertz CT molecular complexity index is 705. The van der Waals surface area contributed by atoms with Crippen LogP contribution in [0, 0.1) is 13.8 Å². The summed E-state index contributed by atoms with van der Waals surface area (Å²) >= 11 is 3.45. The molecular formula is C17H20BrN3O. The van der Waals surface area contributed by atoms with Crippen LogP contribution in [0.3, 0.4) is 0 Å². The van der Waals surface area contributed by atoms with Crippen molar-refractivity contribution in [1.82, 2.24) is 9.47 Å². The first-order chi connectivity index (χ1) is 10.5. The van der Waals surface area contributed by atoms with Gasteiger partial charge in [0.25, 0.3) is 5.91 Å². The molecule has 1 aliphatic heterocycles. The Hall–Kier alpha value is -1.59. The summed E-state index contributed by atoms with van der Waals surface area (Å²) in [5.74, 6) is 0.0874. The van der Waals surface area contributed by atoms with Crippen LogP contribution >= 0.6 is 15.9 Å². The predicted octanol–water partition coefficient (Wildman–Crippen LogP) is 3.03. The number of hydrogen-bond donors (Lipinski definition) is 1. The molecule has 2 aromatic rings. The molecule has 1 aromatic heterocycles. The Morgan fingerprint density at radius 1 is 1.27 bits per heavy atom. The predicted molar refractivity (Wildman–Crippen MR) is 91.4 cm³/mol. The molecule has 3 rings (SSSR count). The number of nitrogens with two attached hydrogens (primary N) is 1. The summed E-state index contributed by atoms with van der Waals surface area (Å²) in [7, 11) is 0. The summed E-state index contributed by atoms with van der Waals surface area (Å²) < 4.78 is 3.16. The molecule has 1 aliphatic rings. The number of aromatic nitrogens is 1. The van der Waals surface area contributed by atoms with E-state index in [4.69, 9.17) is 5.73 Å². The van der Waals surface area contributed by atoms with Crippen LogP contribution in [-0.4, -0.2) is 34.5 Å². The van der Waals surface area contributed by atoms with Gasteiger partial charge in [-0.05, 0) is 50.6 Å². The Kier molecular flexibility index (Phi) is 4.10. The molecule has 0 spiro atoms. The summed E-state index contributed by atoms with van der Waals surface area (Å²) in [6, 6.07) is 10.2. The highest BCUT2D eigenvalue weighted by molar-refractivity contribution is 9.10. The number of carbonyl (C=O) groups is 1. The highest BCUT2D eigenvalue weighted by atomic mass is 79.9. The molecule has 2 heterocycles. The number of aryl methyl sites for hydroxylation is 1. The number of benzene rings is 1. The maximum atomic E-state index is 12.7. The van der Waals surface area contributed by atoms with Crippen LogP contribution in [0.25, 0.3) is 5.69 Å². The molecule has 1 fully saturated rings. The zero-order valence-electron chi connectivity index (χ0n) is 12.8. The largest absolute Gasteiger partial charge is 0.337 e. The fraction of sp³-hybridized carbons (Fsp3) is 0.353. The van der Waals surface area contributed by atoms with E-state index in [1.165, 1.54) is 0 Å². The van der Waals surface area contributed by atoms with Gasteiger partial charge < -0.3 is 15.2 Å². The first-order valence-electron chi connectivity index (χ1n) is 7.47. The van der Waals surface area contributed by atoms with Crippen molar-refractivity contribution in [3.05, 3.63) is 51.8 Å². The minimum atomic E-state index is 0.0874. The molecule has 1 aromatic carbocycles. The van der Waals surface area contributed by atoms with Crippen molar-refractivity contribution >= 4 is 21.8 Å². The number of rotatable bonds is 2. The minimum Gasteiger partial charge on any atom is -0.337 e. The fourth-order valence-corrected chi connectivity index (χ4v) is 3.37. The van der Waals surface area contributed by atoms with Crippen LogP contribution in [0.2, 0.25) is 0 Å². The number of amides is 1. The van der Waals surface area contributed by atoms with E-state index in [0.29, 0.717) is 6.54 Å². The second-order valence-electron chi connectivity index (χ2n) is 5.90. The Morgan fingerprint density at radius 2 is 1.95 bits per heavy atom. The monoisotopic (exact) mass is 361 g/mol. The lowest BCUT2D eigenvalue weighted by Crippen LogP contribution is -2.32. The molecular weight excluding hydrogens is 342 g/mol. The third kappa shape index (κ3) is 2.71.